The Morgan fingerprint density at radius 3 is 2.59 bits per heavy atom. The Hall–Kier alpha value is -2.86. The van der Waals surface area contributed by atoms with E-state index in [1.807, 2.05) is 62.4 Å². The summed E-state index contributed by atoms with van der Waals surface area (Å²) in [5.41, 5.74) is 3.66. The van der Waals surface area contributed by atoms with E-state index in [1.165, 1.54) is 11.8 Å². The van der Waals surface area contributed by atoms with Gasteiger partial charge in [0, 0.05) is 11.1 Å². The first-order valence-electron chi connectivity index (χ1n) is 8.53. The second kappa shape index (κ2) is 8.68. The van der Waals surface area contributed by atoms with Gasteiger partial charge in [-0.05, 0) is 43.2 Å². The van der Waals surface area contributed by atoms with Gasteiger partial charge in [-0.2, -0.15) is 0 Å². The highest BCUT2D eigenvalue weighted by Crippen LogP contribution is 2.23. The first-order chi connectivity index (χ1) is 13.0. The number of carbonyl (C=O) groups is 2. The third-order valence-corrected chi connectivity index (χ3v) is 4.91. The molecule has 0 aliphatic heterocycles. The molecule has 0 unspecified atom stereocenters. The van der Waals surface area contributed by atoms with E-state index in [0.29, 0.717) is 5.69 Å². The number of esters is 1. The van der Waals surface area contributed by atoms with Crippen molar-refractivity contribution in [1.29, 1.82) is 0 Å². The monoisotopic (exact) mass is 380 g/mol. The van der Waals surface area contributed by atoms with Gasteiger partial charge >= 0.3 is 5.97 Å². The summed E-state index contributed by atoms with van der Waals surface area (Å²) < 4.78 is 5.06. The summed E-state index contributed by atoms with van der Waals surface area (Å²) in [6.07, 6.45) is 0. The Morgan fingerprint density at radius 1 is 1.04 bits per heavy atom. The molecule has 0 fully saturated rings. The lowest BCUT2D eigenvalue weighted by Gasteiger charge is -2.09. The summed E-state index contributed by atoms with van der Waals surface area (Å²) in [7, 11) is 0. The van der Waals surface area contributed by atoms with Gasteiger partial charge in [-0.3, -0.25) is 9.59 Å². The number of aromatic nitrogens is 1. The fraction of sp³-hybridized carbons (Fsp3) is 0.190. The number of pyridine rings is 1. The molecule has 1 amide bonds. The Morgan fingerprint density at radius 2 is 1.78 bits per heavy atom. The number of ether oxygens (including phenoxy) is 1. The maximum atomic E-state index is 11.9. The minimum Gasteiger partial charge on any atom is -0.455 e. The van der Waals surface area contributed by atoms with Gasteiger partial charge in [0.15, 0.2) is 6.61 Å². The van der Waals surface area contributed by atoms with Gasteiger partial charge in [0.25, 0.3) is 5.91 Å². The highest BCUT2D eigenvalue weighted by atomic mass is 32.2. The summed E-state index contributed by atoms with van der Waals surface area (Å²) in [6, 6.07) is 17.3. The van der Waals surface area contributed by atoms with Gasteiger partial charge in [-0.25, -0.2) is 4.98 Å². The zero-order valence-corrected chi connectivity index (χ0v) is 16.0. The van der Waals surface area contributed by atoms with E-state index in [0.717, 1.165) is 27.1 Å². The van der Waals surface area contributed by atoms with Crippen LogP contribution in [-0.4, -0.2) is 29.2 Å². The Labute approximate surface area is 162 Å². The SMILES string of the molecule is Cc1ccccc1NC(=O)COC(=O)CSc1cc(C)c2ccccc2n1. The molecule has 6 heteroatoms. The minimum absolute atomic E-state index is 0.0996. The van der Waals surface area contributed by atoms with E-state index >= 15 is 0 Å². The average molecular weight is 380 g/mol. The van der Waals surface area contributed by atoms with Gasteiger partial charge in [0.1, 0.15) is 0 Å². The van der Waals surface area contributed by atoms with Gasteiger partial charge < -0.3 is 10.1 Å². The molecular formula is C21H20N2O3S. The Kier molecular flexibility index (Phi) is 6.08. The maximum Gasteiger partial charge on any atom is 0.316 e. The molecule has 0 saturated carbocycles. The largest absolute Gasteiger partial charge is 0.455 e. The molecule has 0 aliphatic rings. The normalized spacial score (nSPS) is 10.6. The predicted octanol–water partition coefficient (Wildman–Crippen LogP) is 4.13. The van der Waals surface area contributed by atoms with Crippen LogP contribution in [0.2, 0.25) is 0 Å². The number of amides is 1. The first-order valence-corrected chi connectivity index (χ1v) is 9.52. The molecular weight excluding hydrogens is 360 g/mol. The highest BCUT2D eigenvalue weighted by Gasteiger charge is 2.11. The number of hydrogen-bond donors (Lipinski definition) is 1. The molecule has 0 spiro atoms. The van der Waals surface area contributed by atoms with Gasteiger partial charge in [-0.15, -0.1) is 0 Å². The molecule has 3 rings (SSSR count). The third kappa shape index (κ3) is 5.08. The fourth-order valence-electron chi connectivity index (χ4n) is 2.61. The number of thioether (sulfide) groups is 1. The molecule has 3 aromatic rings. The van der Waals surface area contributed by atoms with E-state index in [2.05, 4.69) is 10.3 Å². The topological polar surface area (TPSA) is 68.3 Å². The number of anilines is 1. The number of carbonyl (C=O) groups excluding carboxylic acids is 2. The van der Waals surface area contributed by atoms with Crippen molar-refractivity contribution in [2.75, 3.05) is 17.7 Å². The number of benzene rings is 2. The fourth-order valence-corrected chi connectivity index (χ4v) is 3.38. The van der Waals surface area contributed by atoms with Crippen LogP contribution in [-0.2, 0) is 14.3 Å². The molecule has 0 aliphatic carbocycles. The summed E-state index contributed by atoms with van der Waals surface area (Å²) in [5.74, 6) is -0.711. The van der Waals surface area contributed by atoms with Crippen LogP contribution >= 0.6 is 11.8 Å². The molecule has 5 nitrogen and oxygen atoms in total. The van der Waals surface area contributed by atoms with Crippen molar-refractivity contribution < 1.29 is 14.3 Å². The number of rotatable bonds is 6. The van der Waals surface area contributed by atoms with Crippen LogP contribution in [0.1, 0.15) is 11.1 Å². The lowest BCUT2D eigenvalue weighted by molar-refractivity contribution is -0.144. The second-order valence-electron chi connectivity index (χ2n) is 6.11. The number of fused-ring (bicyclic) bond motifs is 1. The number of para-hydroxylation sites is 2. The van der Waals surface area contributed by atoms with Crippen molar-refractivity contribution in [1.82, 2.24) is 4.98 Å². The van der Waals surface area contributed by atoms with E-state index in [-0.39, 0.29) is 18.3 Å². The van der Waals surface area contributed by atoms with Crippen molar-refractivity contribution in [3.05, 3.63) is 65.7 Å². The minimum atomic E-state index is -0.451. The van der Waals surface area contributed by atoms with Crippen LogP contribution in [0, 0.1) is 13.8 Å². The lowest BCUT2D eigenvalue weighted by Crippen LogP contribution is -2.22. The summed E-state index contributed by atoms with van der Waals surface area (Å²) >= 11 is 1.30. The van der Waals surface area contributed by atoms with Crippen molar-refractivity contribution >= 4 is 40.2 Å². The van der Waals surface area contributed by atoms with Crippen LogP contribution < -0.4 is 5.32 Å². The maximum absolute atomic E-state index is 11.9. The van der Waals surface area contributed by atoms with E-state index < -0.39 is 5.97 Å². The van der Waals surface area contributed by atoms with Crippen LogP contribution in [0.5, 0.6) is 0 Å². The van der Waals surface area contributed by atoms with Crippen LogP contribution in [0.25, 0.3) is 10.9 Å². The van der Waals surface area contributed by atoms with Crippen molar-refractivity contribution in [2.45, 2.75) is 18.9 Å². The molecule has 1 N–H and O–H groups in total. The standard InChI is InChI=1S/C21H20N2O3S/c1-14-7-3-5-9-17(14)22-19(24)12-26-21(25)13-27-20-11-15(2)16-8-4-6-10-18(16)23-20/h3-11H,12-13H2,1-2H3,(H,22,24). The van der Waals surface area contributed by atoms with Crippen molar-refractivity contribution in [3.8, 4) is 0 Å². The number of aryl methyl sites for hydroxylation is 2. The van der Waals surface area contributed by atoms with Crippen LogP contribution in [0.4, 0.5) is 5.69 Å². The Bertz CT molecular complexity index is 988. The van der Waals surface area contributed by atoms with Crippen LogP contribution in [0.3, 0.4) is 0 Å². The van der Waals surface area contributed by atoms with E-state index in [1.54, 1.807) is 6.07 Å². The highest BCUT2D eigenvalue weighted by molar-refractivity contribution is 7.99. The van der Waals surface area contributed by atoms with Gasteiger partial charge in [-0.1, -0.05) is 48.2 Å². The first kappa shape index (κ1) is 18.9. The lowest BCUT2D eigenvalue weighted by atomic mass is 10.1. The Balaban J connectivity index is 1.50. The summed E-state index contributed by atoms with van der Waals surface area (Å²) in [6.45, 7) is 3.61. The molecule has 0 atom stereocenters. The quantitative estimate of drug-likeness (QED) is 0.514. The molecule has 0 bridgehead atoms. The molecule has 0 saturated heterocycles. The summed E-state index contributed by atoms with van der Waals surface area (Å²) in [4.78, 5) is 28.4. The van der Waals surface area contributed by atoms with Gasteiger partial charge in [0.05, 0.1) is 16.3 Å². The molecule has 27 heavy (non-hydrogen) atoms. The van der Waals surface area contributed by atoms with Gasteiger partial charge in [0.2, 0.25) is 0 Å². The number of hydrogen-bond acceptors (Lipinski definition) is 5. The second-order valence-corrected chi connectivity index (χ2v) is 7.10. The molecule has 2 aromatic carbocycles. The zero-order chi connectivity index (χ0) is 19.2. The molecule has 1 aromatic heterocycles. The smallest absolute Gasteiger partial charge is 0.316 e. The molecule has 0 radical (unpaired) electrons. The van der Waals surface area contributed by atoms with Crippen LogP contribution in [0.15, 0.2) is 59.6 Å². The predicted molar refractivity (Wildman–Crippen MR) is 108 cm³/mol. The zero-order valence-electron chi connectivity index (χ0n) is 15.2. The molecule has 138 valence electrons. The van der Waals surface area contributed by atoms with Crippen molar-refractivity contribution in [3.63, 3.8) is 0 Å². The number of nitrogens with one attached hydrogen (secondary N) is 1. The van der Waals surface area contributed by atoms with Crippen molar-refractivity contribution in [2.24, 2.45) is 0 Å². The number of nitrogens with zero attached hydrogens (tertiary/aromatic N) is 1. The molecule has 1 heterocycles. The average Bonchev–Trinajstić information content (AvgIpc) is 2.66. The van der Waals surface area contributed by atoms with E-state index in [9.17, 15) is 9.59 Å². The van der Waals surface area contributed by atoms with E-state index in [4.69, 9.17) is 4.74 Å². The summed E-state index contributed by atoms with van der Waals surface area (Å²) in [5, 5.41) is 4.58. The third-order valence-electron chi connectivity index (χ3n) is 4.02.